The molecule has 11 nitrogen and oxygen atoms in total. The topological polar surface area (TPSA) is 203 Å². The van der Waals surface area contributed by atoms with Crippen molar-refractivity contribution in [3.05, 3.63) is 88.5 Å². The highest BCUT2D eigenvalue weighted by Crippen LogP contribution is 2.50. The van der Waals surface area contributed by atoms with Gasteiger partial charge in [0.25, 0.3) is 0 Å². The van der Waals surface area contributed by atoms with Gasteiger partial charge in [-0.2, -0.15) is 0 Å². The number of unbranched alkanes of at least 4 members (excludes halogenated alkanes) is 1. The molecule has 1 saturated heterocycles. The Kier molecular flexibility index (Phi) is 19.9. The summed E-state index contributed by atoms with van der Waals surface area (Å²) in [6.45, 7) is 5.48. The molecule has 5 rings (SSSR count). The van der Waals surface area contributed by atoms with Crippen LogP contribution in [0.2, 0.25) is 0 Å². The van der Waals surface area contributed by atoms with Gasteiger partial charge in [-0.15, -0.1) is 0 Å². The highest BCUT2D eigenvalue weighted by molar-refractivity contribution is 5.67. The van der Waals surface area contributed by atoms with Gasteiger partial charge in [-0.1, -0.05) is 99.8 Å². The number of aliphatic hydroxyl groups is 6. The number of carbonyl (C=O) groups is 1. The first kappa shape index (κ1) is 51.4. The van der Waals surface area contributed by atoms with Gasteiger partial charge in [-0.25, -0.2) is 0 Å². The van der Waals surface area contributed by atoms with Crippen molar-refractivity contribution in [1.82, 2.24) is 10.6 Å². The standard InChI is InChI=1S/C53H78N2O9/c1-4-5-18-48(60)49(61)29-24-39-23-22-38-14-8-7-13-37(38)15-11-19-50(52(3,64)53(30-9-6-10-31-53)41-25-27-42(58)28-26-41)55-47(44(39)32-43(59)35-57)17-12-16-46-45(33-51(62)63)40(34-56)21-20-36(2)54-46/h7-8,13-14,24-29,36,40,43,45-50,54-61,64H,4-6,9-10,12,16-23,30-35H2,1-3H3,(H,62,63). The van der Waals surface area contributed by atoms with Crippen LogP contribution < -0.4 is 10.6 Å². The van der Waals surface area contributed by atoms with Gasteiger partial charge in [-0.3, -0.25) is 4.79 Å². The van der Waals surface area contributed by atoms with Crippen molar-refractivity contribution in [2.75, 3.05) is 13.2 Å². The molecule has 10 atom stereocenters. The minimum absolute atomic E-state index is 0.0586. The number of allylic oxidation sites excluding steroid dienone is 2. The monoisotopic (exact) mass is 887 g/mol. The lowest BCUT2D eigenvalue weighted by Crippen LogP contribution is -2.63. The van der Waals surface area contributed by atoms with Gasteiger partial charge in [0.1, 0.15) is 5.75 Å². The van der Waals surface area contributed by atoms with Gasteiger partial charge >= 0.3 is 5.97 Å². The highest BCUT2D eigenvalue weighted by Gasteiger charge is 2.53. The van der Waals surface area contributed by atoms with Gasteiger partial charge in [0.05, 0.1) is 30.5 Å². The second kappa shape index (κ2) is 24.8. The van der Waals surface area contributed by atoms with E-state index < -0.39 is 54.0 Å². The molecule has 11 heteroatoms. The van der Waals surface area contributed by atoms with Crippen molar-refractivity contribution < 1.29 is 45.6 Å². The predicted octanol–water partition coefficient (Wildman–Crippen LogP) is 6.58. The normalized spacial score (nSPS) is 26.8. The number of rotatable bonds is 19. The molecule has 354 valence electrons. The Morgan fingerprint density at radius 2 is 1.70 bits per heavy atom. The first-order valence-corrected chi connectivity index (χ1v) is 24.2. The number of fused-ring (bicyclic) bond motifs is 1. The van der Waals surface area contributed by atoms with Crippen LogP contribution in [0.25, 0.3) is 0 Å². The number of benzene rings is 2. The number of aliphatic carboxylic acids is 1. The first-order chi connectivity index (χ1) is 30.7. The second-order valence-electron chi connectivity index (χ2n) is 19.3. The fourth-order valence-electron chi connectivity index (χ4n) is 11.0. The van der Waals surface area contributed by atoms with Crippen LogP contribution in [-0.2, 0) is 16.6 Å². The predicted molar refractivity (Wildman–Crippen MR) is 252 cm³/mol. The lowest BCUT2D eigenvalue weighted by Gasteiger charge is -2.52. The molecule has 2 aromatic carbocycles. The summed E-state index contributed by atoms with van der Waals surface area (Å²) < 4.78 is 0. The average molecular weight is 887 g/mol. The second-order valence-corrected chi connectivity index (χ2v) is 19.3. The Balaban J connectivity index is 1.68. The lowest BCUT2D eigenvalue weighted by atomic mass is 9.57. The number of carboxylic acid groups (broad SMARTS) is 1. The van der Waals surface area contributed by atoms with Crippen molar-refractivity contribution in [1.29, 1.82) is 0 Å². The molecule has 0 radical (unpaired) electrons. The largest absolute Gasteiger partial charge is 0.508 e. The van der Waals surface area contributed by atoms with Gasteiger partial charge in [0.2, 0.25) is 0 Å². The summed E-state index contributed by atoms with van der Waals surface area (Å²) >= 11 is 0. The zero-order valence-corrected chi connectivity index (χ0v) is 38.6. The van der Waals surface area contributed by atoms with E-state index >= 15 is 0 Å². The molecule has 64 heavy (non-hydrogen) atoms. The number of hydrogen-bond donors (Lipinski definition) is 10. The maximum atomic E-state index is 13.4. The number of phenolic OH excluding ortho intramolecular Hbond substituents is 1. The molecule has 10 unspecified atom stereocenters. The molecule has 0 aromatic heterocycles. The number of hydrogen-bond acceptors (Lipinski definition) is 10. The summed E-state index contributed by atoms with van der Waals surface area (Å²) in [4.78, 5) is 12.2. The molecule has 10 N–H and O–H groups in total. The summed E-state index contributed by atoms with van der Waals surface area (Å²) in [6.07, 6.45) is 11.4. The Bertz CT molecular complexity index is 1880. The minimum Gasteiger partial charge on any atom is -0.508 e. The average Bonchev–Trinajstić information content (AvgIpc) is 3.43. The number of aromatic hydroxyl groups is 1. The maximum absolute atomic E-state index is 13.4. The molecule has 0 bridgehead atoms. The Labute approximate surface area is 382 Å². The van der Waals surface area contributed by atoms with Gasteiger partial charge in [-0.05, 0) is 130 Å². The van der Waals surface area contributed by atoms with E-state index in [0.29, 0.717) is 38.5 Å². The molecule has 0 amide bonds. The number of aliphatic hydroxyl groups excluding tert-OH is 5. The van der Waals surface area contributed by atoms with Crippen LogP contribution in [0, 0.1) is 23.7 Å². The van der Waals surface area contributed by atoms with Gasteiger partial charge in [0.15, 0.2) is 0 Å². The molecule has 2 aliphatic heterocycles. The van der Waals surface area contributed by atoms with Crippen LogP contribution >= 0.6 is 0 Å². The quantitative estimate of drug-likeness (QED) is 0.0684. The van der Waals surface area contributed by atoms with Crippen molar-refractivity contribution in [2.24, 2.45) is 11.8 Å². The molecule has 1 saturated carbocycles. The van der Waals surface area contributed by atoms with Crippen LogP contribution in [0.1, 0.15) is 147 Å². The first-order valence-electron chi connectivity index (χ1n) is 24.2. The van der Waals surface area contributed by atoms with Crippen molar-refractivity contribution in [3.63, 3.8) is 0 Å². The van der Waals surface area contributed by atoms with E-state index in [1.54, 1.807) is 18.2 Å². The smallest absolute Gasteiger partial charge is 0.303 e. The van der Waals surface area contributed by atoms with Crippen molar-refractivity contribution in [2.45, 2.75) is 190 Å². The summed E-state index contributed by atoms with van der Waals surface area (Å²) in [5, 5.41) is 95.8. The molecule has 0 spiro atoms. The number of nitrogens with one attached hydrogen (secondary N) is 2. The zero-order valence-electron chi connectivity index (χ0n) is 38.6. The Morgan fingerprint density at radius 1 is 0.969 bits per heavy atom. The Hall–Kier alpha value is -3.57. The summed E-state index contributed by atoms with van der Waals surface area (Å²) in [5.74, 6) is 5.74. The van der Waals surface area contributed by atoms with Crippen molar-refractivity contribution in [3.8, 4) is 17.6 Å². The fraction of sp³-hybridized carbons (Fsp3) is 0.642. The van der Waals surface area contributed by atoms with E-state index in [4.69, 9.17) is 0 Å². The highest BCUT2D eigenvalue weighted by atomic mass is 16.4. The molecule has 3 aliphatic rings. The van der Waals surface area contributed by atoms with E-state index in [1.807, 2.05) is 50.3 Å². The van der Waals surface area contributed by atoms with Crippen LogP contribution in [0.5, 0.6) is 5.75 Å². The summed E-state index contributed by atoms with van der Waals surface area (Å²) in [5.41, 5.74) is 2.42. The van der Waals surface area contributed by atoms with Gasteiger partial charge < -0.3 is 51.5 Å². The third kappa shape index (κ3) is 13.5. The molecule has 2 aromatic rings. The molecular formula is C53H78N2O9. The number of aryl methyl sites for hydroxylation is 1. The SMILES string of the molecule is CCCCC(O)C(O)C=CC1=C(CC(O)CO)C(CCCC2NC(C)CCC(CO)C2CC(=O)O)NC(C(C)(O)C2(c3ccc(O)cc3)CCCCC2)CC#Cc2ccccc2CC1. The molecule has 2 fully saturated rings. The van der Waals surface area contributed by atoms with Crippen molar-refractivity contribution >= 4 is 5.97 Å². The molecule has 1 aliphatic carbocycles. The summed E-state index contributed by atoms with van der Waals surface area (Å²) in [6, 6.07) is 14.1. The van der Waals surface area contributed by atoms with Gasteiger partial charge in [0, 0.05) is 54.6 Å². The van der Waals surface area contributed by atoms with E-state index in [1.165, 1.54) is 0 Å². The Morgan fingerprint density at radius 3 is 2.39 bits per heavy atom. The number of phenols is 1. The zero-order chi connectivity index (χ0) is 46.3. The number of carboxylic acids is 1. The third-order valence-corrected chi connectivity index (χ3v) is 14.9. The van der Waals surface area contributed by atoms with E-state index in [0.717, 1.165) is 85.6 Å². The molecular weight excluding hydrogens is 809 g/mol. The van der Waals surface area contributed by atoms with Crippen LogP contribution in [-0.4, -0.2) is 108 Å². The van der Waals surface area contributed by atoms with Crippen LogP contribution in [0.3, 0.4) is 0 Å². The van der Waals surface area contributed by atoms with E-state index in [-0.39, 0.29) is 55.5 Å². The third-order valence-electron chi connectivity index (χ3n) is 14.9. The maximum Gasteiger partial charge on any atom is 0.303 e. The van der Waals surface area contributed by atoms with Crippen LogP contribution in [0.15, 0.2) is 71.8 Å². The lowest BCUT2D eigenvalue weighted by molar-refractivity contribution is -0.139. The molecule has 2 heterocycles. The van der Waals surface area contributed by atoms with E-state index in [9.17, 15) is 45.6 Å². The van der Waals surface area contributed by atoms with Crippen LogP contribution in [0.4, 0.5) is 0 Å². The van der Waals surface area contributed by atoms with E-state index in [2.05, 4.69) is 35.5 Å². The summed E-state index contributed by atoms with van der Waals surface area (Å²) in [7, 11) is 0. The fourth-order valence-corrected chi connectivity index (χ4v) is 11.0. The minimum atomic E-state index is -1.39.